The molecule has 2 atom stereocenters. The molecule has 59 heavy (non-hydrogen) atoms. The van der Waals surface area contributed by atoms with E-state index >= 15 is 0 Å². The monoisotopic (exact) mass is 835 g/mol. The van der Waals surface area contributed by atoms with Crippen LogP contribution in [0.4, 0.5) is 4.79 Å². The van der Waals surface area contributed by atoms with Crippen LogP contribution >= 0.6 is 0 Å². The van der Waals surface area contributed by atoms with Gasteiger partial charge < -0.3 is 38.7 Å². The van der Waals surface area contributed by atoms with Crippen molar-refractivity contribution in [1.82, 2.24) is 24.3 Å². The second-order valence-electron chi connectivity index (χ2n) is 18.7. The van der Waals surface area contributed by atoms with Gasteiger partial charge in [-0.25, -0.2) is 9.78 Å². The molecular formula is C45H69N5O8Si. The Morgan fingerprint density at radius 1 is 1.02 bits per heavy atom. The van der Waals surface area contributed by atoms with Crippen LogP contribution in [0.15, 0.2) is 41.5 Å². The highest BCUT2D eigenvalue weighted by Gasteiger charge is 2.59. The van der Waals surface area contributed by atoms with E-state index in [2.05, 4.69) is 29.5 Å². The van der Waals surface area contributed by atoms with Crippen molar-refractivity contribution < 1.29 is 33.7 Å². The van der Waals surface area contributed by atoms with Gasteiger partial charge in [-0.05, 0) is 94.3 Å². The summed E-state index contributed by atoms with van der Waals surface area (Å²) in [6.07, 6.45) is 10.5. The molecule has 1 aromatic carbocycles. The lowest BCUT2D eigenvalue weighted by Crippen LogP contribution is -2.43. The number of hydrogen-bond acceptors (Lipinski definition) is 9. The number of ether oxygens (including phenoxy) is 3. The number of amides is 2. The van der Waals surface area contributed by atoms with Gasteiger partial charge in [-0.3, -0.25) is 14.4 Å². The molecule has 13 nitrogen and oxygen atoms in total. The number of pyridine rings is 1. The third-order valence-electron chi connectivity index (χ3n) is 11.7. The molecule has 0 bridgehead atoms. The molecule has 3 heterocycles. The van der Waals surface area contributed by atoms with Gasteiger partial charge >= 0.3 is 6.09 Å². The predicted molar refractivity (Wildman–Crippen MR) is 233 cm³/mol. The summed E-state index contributed by atoms with van der Waals surface area (Å²) in [7, 11) is -1.36. The van der Waals surface area contributed by atoms with E-state index < -0.39 is 13.7 Å². The maximum Gasteiger partial charge on any atom is 0.410 e. The Balaban J connectivity index is 1.38. The maximum absolute atomic E-state index is 14.2. The summed E-state index contributed by atoms with van der Waals surface area (Å²) in [5.74, 6) is 0.857. The first-order chi connectivity index (χ1) is 28.0. The maximum atomic E-state index is 14.2. The van der Waals surface area contributed by atoms with Crippen LogP contribution in [-0.2, 0) is 37.1 Å². The fraction of sp³-hybridized carbons (Fsp3) is 0.667. The van der Waals surface area contributed by atoms with Crippen molar-refractivity contribution in [3.63, 3.8) is 0 Å². The van der Waals surface area contributed by atoms with Crippen molar-refractivity contribution in [2.24, 2.45) is 11.3 Å². The molecule has 2 aliphatic rings. The highest BCUT2D eigenvalue weighted by molar-refractivity contribution is 6.76. The Morgan fingerprint density at radius 3 is 2.47 bits per heavy atom. The second-order valence-corrected chi connectivity index (χ2v) is 24.3. The smallest absolute Gasteiger partial charge is 0.410 e. The summed E-state index contributed by atoms with van der Waals surface area (Å²) in [5, 5.41) is 13.8. The number of piperidine rings is 1. The SMILES string of the molecule is CCC(=O)CCCCC[C@H](NC(=O)[C@H]1CC12CCN(C(=O)OC(C)(C)C)CC2)c1ncc(-c2ccc3c(=O)n(CCOCCCO)ccc3c2)n1COCC[Si](C)(C)C. The molecule has 2 aromatic heterocycles. The summed E-state index contributed by atoms with van der Waals surface area (Å²) in [6.45, 7) is 17.8. The van der Waals surface area contributed by atoms with Crippen LogP contribution in [0.3, 0.4) is 0 Å². The van der Waals surface area contributed by atoms with Crippen molar-refractivity contribution in [3.8, 4) is 11.3 Å². The fourth-order valence-electron chi connectivity index (χ4n) is 7.92. The first-order valence-electron chi connectivity index (χ1n) is 21.8. The number of aliphatic hydroxyl groups is 1. The fourth-order valence-corrected chi connectivity index (χ4v) is 8.67. The molecule has 3 aromatic rings. The van der Waals surface area contributed by atoms with E-state index in [-0.39, 0.29) is 54.1 Å². The molecule has 1 aliphatic heterocycles. The van der Waals surface area contributed by atoms with Crippen LogP contribution in [0.5, 0.6) is 0 Å². The number of nitrogens with zero attached hydrogens (tertiary/aromatic N) is 4. The Kier molecular flexibility index (Phi) is 16.1. The quantitative estimate of drug-likeness (QED) is 0.0766. The Hall–Kier alpha value is -3.85. The van der Waals surface area contributed by atoms with E-state index in [1.54, 1.807) is 15.7 Å². The highest BCUT2D eigenvalue weighted by Crippen LogP contribution is 2.59. The number of carbonyl (C=O) groups is 3. The molecule has 2 N–H and O–H groups in total. The lowest BCUT2D eigenvalue weighted by molar-refractivity contribution is -0.124. The van der Waals surface area contributed by atoms with Gasteiger partial charge in [-0.15, -0.1) is 0 Å². The number of benzene rings is 1. The number of nitrogens with one attached hydrogen (secondary N) is 1. The van der Waals surface area contributed by atoms with Crippen LogP contribution < -0.4 is 10.9 Å². The Labute approximate surface area is 351 Å². The molecule has 2 amide bonds. The lowest BCUT2D eigenvalue weighted by atomic mass is 9.90. The van der Waals surface area contributed by atoms with Crippen molar-refractivity contribution in [2.45, 2.75) is 143 Å². The summed E-state index contributed by atoms with van der Waals surface area (Å²) < 4.78 is 21.3. The van der Waals surface area contributed by atoms with Gasteiger partial charge in [0.1, 0.15) is 23.9 Å². The molecule has 1 spiro atoms. The minimum atomic E-state index is -1.36. The number of rotatable bonds is 22. The molecule has 5 rings (SSSR count). The summed E-state index contributed by atoms with van der Waals surface area (Å²) in [4.78, 5) is 59.2. The summed E-state index contributed by atoms with van der Waals surface area (Å²) >= 11 is 0. The number of unbranched alkanes of at least 4 members (excludes halogenated alkanes) is 2. The third-order valence-corrected chi connectivity index (χ3v) is 13.4. The molecule has 1 aliphatic carbocycles. The number of hydrogen-bond donors (Lipinski definition) is 2. The van der Waals surface area contributed by atoms with E-state index in [1.807, 2.05) is 58.2 Å². The van der Waals surface area contributed by atoms with Crippen LogP contribution in [0.2, 0.25) is 25.7 Å². The number of imidazole rings is 1. The Bertz CT molecular complexity index is 1940. The third kappa shape index (κ3) is 13.1. The molecule has 1 saturated heterocycles. The van der Waals surface area contributed by atoms with Crippen molar-refractivity contribution in [1.29, 1.82) is 0 Å². The van der Waals surface area contributed by atoms with Crippen molar-refractivity contribution in [2.75, 3.05) is 39.5 Å². The molecule has 1 saturated carbocycles. The number of ketones is 1. The molecule has 0 radical (unpaired) electrons. The molecule has 326 valence electrons. The molecule has 2 fully saturated rings. The van der Waals surface area contributed by atoms with Crippen LogP contribution in [0.1, 0.15) is 104 Å². The van der Waals surface area contributed by atoms with E-state index in [4.69, 9.17) is 24.3 Å². The van der Waals surface area contributed by atoms with Gasteiger partial charge in [0.2, 0.25) is 5.91 Å². The minimum Gasteiger partial charge on any atom is -0.444 e. The average Bonchev–Trinajstić information content (AvgIpc) is 3.71. The second kappa shape index (κ2) is 20.6. The lowest BCUT2D eigenvalue weighted by Gasteiger charge is -2.34. The first kappa shape index (κ1) is 46.2. The van der Waals surface area contributed by atoms with Gasteiger partial charge in [0.25, 0.3) is 5.56 Å². The standard InChI is InChI=1S/C45H69N5O8Si/c1-8-35(52)13-10-9-11-14-38(47-41(53)37-30-45(37)18-21-49(22-19-45)43(55)58-44(2,3)4)40-46-31-39(50(40)32-57-27-28-59(5,6)7)34-15-16-36-33(29-34)17-20-48(42(36)54)23-26-56-25-12-24-51/h15-17,20,29,31,37-38,51H,8-14,18-19,21-28,30,32H2,1-7H3,(H,47,53)/t37-,38+/m1/s1. The molecule has 14 heteroatoms. The van der Waals surface area contributed by atoms with Crippen LogP contribution in [0, 0.1) is 11.3 Å². The molecular weight excluding hydrogens is 767 g/mol. The van der Waals surface area contributed by atoms with E-state index in [0.29, 0.717) is 70.5 Å². The Morgan fingerprint density at radius 2 is 1.78 bits per heavy atom. The minimum absolute atomic E-state index is 0.0124. The number of Topliss-reactive ketones (excluding diaryl/α,β-unsaturated/α-hetero) is 1. The van der Waals surface area contributed by atoms with Gasteiger partial charge in [0.05, 0.1) is 24.5 Å². The number of likely N-dealkylation sites (tertiary alicyclic amines) is 1. The van der Waals surface area contributed by atoms with Gasteiger partial charge in [-0.2, -0.15) is 0 Å². The summed E-state index contributed by atoms with van der Waals surface area (Å²) in [5.41, 5.74) is 0.942. The number of aromatic nitrogens is 3. The number of fused-ring (bicyclic) bond motifs is 1. The average molecular weight is 836 g/mol. The molecule has 0 unspecified atom stereocenters. The van der Waals surface area contributed by atoms with Crippen molar-refractivity contribution in [3.05, 3.63) is 52.8 Å². The zero-order valence-electron chi connectivity index (χ0n) is 36.6. The normalized spacial score (nSPS) is 17.0. The van der Waals surface area contributed by atoms with Crippen molar-refractivity contribution >= 4 is 36.6 Å². The summed E-state index contributed by atoms with van der Waals surface area (Å²) in [6, 6.07) is 8.37. The zero-order chi connectivity index (χ0) is 42.8. The number of carbonyl (C=O) groups excluding carboxylic acids is 3. The number of aliphatic hydroxyl groups excluding tert-OH is 1. The predicted octanol–water partition coefficient (Wildman–Crippen LogP) is 7.70. The highest BCUT2D eigenvalue weighted by atomic mass is 28.3. The van der Waals surface area contributed by atoms with Gasteiger partial charge in [-0.1, -0.05) is 45.5 Å². The van der Waals surface area contributed by atoms with E-state index in [1.165, 1.54) is 0 Å². The largest absolute Gasteiger partial charge is 0.444 e. The van der Waals surface area contributed by atoms with E-state index in [9.17, 15) is 19.2 Å². The van der Waals surface area contributed by atoms with Gasteiger partial charge in [0.15, 0.2) is 0 Å². The van der Waals surface area contributed by atoms with Crippen LogP contribution in [0.25, 0.3) is 22.0 Å². The van der Waals surface area contributed by atoms with Crippen LogP contribution in [-0.4, -0.2) is 95.1 Å². The first-order valence-corrected chi connectivity index (χ1v) is 25.5. The zero-order valence-corrected chi connectivity index (χ0v) is 37.6. The topological polar surface area (TPSA) is 154 Å². The van der Waals surface area contributed by atoms with Gasteiger partial charge in [0, 0.05) is 83.4 Å². The van der Waals surface area contributed by atoms with E-state index in [0.717, 1.165) is 67.0 Å².